The first kappa shape index (κ1) is 32.0. The Kier molecular flexibility index (Phi) is 7.53. The highest BCUT2D eigenvalue weighted by molar-refractivity contribution is 6.24. The van der Waals surface area contributed by atoms with E-state index in [2.05, 4.69) is 205 Å². The monoisotopic (exact) mass is 713 g/mol. The van der Waals surface area contributed by atoms with E-state index in [0.29, 0.717) is 0 Å². The van der Waals surface area contributed by atoms with Gasteiger partial charge in [-0.1, -0.05) is 182 Å². The van der Waals surface area contributed by atoms with Crippen LogP contribution in [0.25, 0.3) is 87.6 Å². The van der Waals surface area contributed by atoms with Crippen molar-refractivity contribution in [1.82, 2.24) is 0 Å². The lowest BCUT2D eigenvalue weighted by Gasteiger charge is -2.31. The highest BCUT2D eigenvalue weighted by Gasteiger charge is 2.25. The van der Waals surface area contributed by atoms with Gasteiger partial charge in [0.15, 0.2) is 0 Å². The van der Waals surface area contributed by atoms with Crippen molar-refractivity contribution in [3.05, 3.63) is 212 Å². The third-order valence-corrected chi connectivity index (χ3v) is 11.3. The summed E-state index contributed by atoms with van der Waals surface area (Å²) in [5.41, 5.74) is 12.1. The number of fused-ring (bicyclic) bond motifs is 7. The molecular formula is C54H35NO. The second-order valence-corrected chi connectivity index (χ2v) is 14.4. The number of nitrogens with zero attached hydrogens (tertiary/aromatic N) is 1. The predicted molar refractivity (Wildman–Crippen MR) is 237 cm³/mol. The van der Waals surface area contributed by atoms with Gasteiger partial charge in [-0.25, -0.2) is 0 Å². The molecule has 11 rings (SSSR count). The maximum atomic E-state index is 6.48. The molecule has 0 atom stereocenters. The van der Waals surface area contributed by atoms with Gasteiger partial charge < -0.3 is 9.32 Å². The molecule has 0 spiro atoms. The smallest absolute Gasteiger partial charge is 0.143 e. The van der Waals surface area contributed by atoms with Gasteiger partial charge in [-0.05, 0) is 79.5 Å². The quantitative estimate of drug-likeness (QED) is 0.160. The van der Waals surface area contributed by atoms with Crippen molar-refractivity contribution in [3.8, 4) is 33.4 Å². The molecule has 1 heterocycles. The Hall–Kier alpha value is -7.42. The fourth-order valence-electron chi connectivity index (χ4n) is 8.68. The number of hydrogen-bond acceptors (Lipinski definition) is 2. The van der Waals surface area contributed by atoms with Crippen molar-refractivity contribution < 1.29 is 4.42 Å². The standard InChI is InChI=1S/C54H35NO/c1-2-14-36(15-3-1)37-28-32-40(33-29-37)55(41-34-30-39(31-35-41)43-24-13-26-50-46-21-10-11-27-51(46)56-54(43)50)53-49-23-9-7-20-45(49)44-19-6-8-22-48(44)52(53)47-25-12-17-38-16-4-5-18-42(38)47/h1-35H. The van der Waals surface area contributed by atoms with Crippen molar-refractivity contribution >= 4 is 71.3 Å². The molecule has 2 heteroatoms. The Bertz CT molecular complexity index is 3230. The Balaban J connectivity index is 1.19. The van der Waals surface area contributed by atoms with Crippen molar-refractivity contribution in [2.24, 2.45) is 0 Å². The van der Waals surface area contributed by atoms with E-state index >= 15 is 0 Å². The van der Waals surface area contributed by atoms with Gasteiger partial charge in [-0.2, -0.15) is 0 Å². The molecule has 262 valence electrons. The summed E-state index contributed by atoms with van der Waals surface area (Å²) in [5.74, 6) is 0. The lowest BCUT2D eigenvalue weighted by atomic mass is 9.88. The molecule has 0 N–H and O–H groups in total. The molecule has 0 unspecified atom stereocenters. The summed E-state index contributed by atoms with van der Waals surface area (Å²) in [5, 5.41) is 9.58. The van der Waals surface area contributed by atoms with E-state index < -0.39 is 0 Å². The summed E-state index contributed by atoms with van der Waals surface area (Å²) in [7, 11) is 0. The second-order valence-electron chi connectivity index (χ2n) is 14.4. The first-order valence-corrected chi connectivity index (χ1v) is 19.2. The van der Waals surface area contributed by atoms with Crippen LogP contribution < -0.4 is 4.90 Å². The average Bonchev–Trinajstić information content (AvgIpc) is 3.66. The molecule has 0 aliphatic carbocycles. The molecule has 0 saturated heterocycles. The molecule has 1 aromatic heterocycles. The highest BCUT2D eigenvalue weighted by Crippen LogP contribution is 2.51. The number of anilines is 3. The SMILES string of the molecule is c1ccc(-c2ccc(N(c3ccc(-c4cccc5c4oc4ccccc45)cc3)c3c(-c4cccc5ccccc45)c4ccccc4c4ccccc34)cc2)cc1. The van der Waals surface area contributed by atoms with Gasteiger partial charge in [-0.3, -0.25) is 0 Å². The van der Waals surface area contributed by atoms with Gasteiger partial charge in [0, 0.05) is 38.7 Å². The molecule has 56 heavy (non-hydrogen) atoms. The molecule has 0 bridgehead atoms. The van der Waals surface area contributed by atoms with E-state index in [0.717, 1.165) is 50.1 Å². The largest absolute Gasteiger partial charge is 0.455 e. The topological polar surface area (TPSA) is 16.4 Å². The third kappa shape index (κ3) is 5.19. The lowest BCUT2D eigenvalue weighted by molar-refractivity contribution is 0.670. The van der Waals surface area contributed by atoms with Crippen LogP contribution in [0.2, 0.25) is 0 Å². The van der Waals surface area contributed by atoms with Crippen LogP contribution in [0.3, 0.4) is 0 Å². The molecule has 0 fully saturated rings. The molecule has 0 aliphatic heterocycles. The van der Waals surface area contributed by atoms with Crippen LogP contribution in [0.1, 0.15) is 0 Å². The Morgan fingerprint density at radius 3 is 1.55 bits per heavy atom. The zero-order valence-corrected chi connectivity index (χ0v) is 30.6. The van der Waals surface area contributed by atoms with Crippen LogP contribution in [0.15, 0.2) is 217 Å². The van der Waals surface area contributed by atoms with Crippen molar-refractivity contribution in [2.45, 2.75) is 0 Å². The minimum Gasteiger partial charge on any atom is -0.455 e. The molecule has 0 amide bonds. The van der Waals surface area contributed by atoms with Crippen LogP contribution in [-0.4, -0.2) is 0 Å². The second kappa shape index (κ2) is 13.2. The number of benzene rings is 10. The van der Waals surface area contributed by atoms with E-state index in [4.69, 9.17) is 4.42 Å². The van der Waals surface area contributed by atoms with Gasteiger partial charge in [0.1, 0.15) is 11.2 Å². The van der Waals surface area contributed by atoms with E-state index in [1.165, 1.54) is 54.6 Å². The Morgan fingerprint density at radius 1 is 0.304 bits per heavy atom. The normalized spacial score (nSPS) is 11.6. The average molecular weight is 714 g/mol. The lowest BCUT2D eigenvalue weighted by Crippen LogP contribution is -2.12. The van der Waals surface area contributed by atoms with Gasteiger partial charge in [0.25, 0.3) is 0 Å². The van der Waals surface area contributed by atoms with Gasteiger partial charge in [-0.15, -0.1) is 0 Å². The zero-order valence-electron chi connectivity index (χ0n) is 30.6. The summed E-state index contributed by atoms with van der Waals surface area (Å²) in [6.07, 6.45) is 0. The minimum atomic E-state index is 0.904. The highest BCUT2D eigenvalue weighted by atomic mass is 16.3. The van der Waals surface area contributed by atoms with E-state index in [1.54, 1.807) is 0 Å². The van der Waals surface area contributed by atoms with Crippen molar-refractivity contribution in [3.63, 3.8) is 0 Å². The number of rotatable bonds is 6. The fraction of sp³-hybridized carbons (Fsp3) is 0. The maximum Gasteiger partial charge on any atom is 0.143 e. The molecule has 0 saturated carbocycles. The van der Waals surface area contributed by atoms with Crippen LogP contribution in [-0.2, 0) is 0 Å². The summed E-state index contributed by atoms with van der Waals surface area (Å²) in [6, 6.07) is 76.5. The molecule has 10 aromatic carbocycles. The Labute approximate surface area is 325 Å². The van der Waals surface area contributed by atoms with E-state index in [9.17, 15) is 0 Å². The zero-order chi connectivity index (χ0) is 37.0. The van der Waals surface area contributed by atoms with Crippen LogP contribution in [0, 0.1) is 0 Å². The summed E-state index contributed by atoms with van der Waals surface area (Å²) in [4.78, 5) is 2.46. The summed E-state index contributed by atoms with van der Waals surface area (Å²) < 4.78 is 6.48. The number of furan rings is 1. The van der Waals surface area contributed by atoms with E-state index in [1.807, 2.05) is 12.1 Å². The first-order chi connectivity index (χ1) is 27.8. The summed E-state index contributed by atoms with van der Waals surface area (Å²) >= 11 is 0. The Morgan fingerprint density at radius 2 is 0.804 bits per heavy atom. The van der Waals surface area contributed by atoms with E-state index in [-0.39, 0.29) is 0 Å². The predicted octanol–water partition coefficient (Wildman–Crippen LogP) is 15.5. The van der Waals surface area contributed by atoms with Crippen molar-refractivity contribution in [1.29, 1.82) is 0 Å². The molecule has 0 aliphatic rings. The molecule has 2 nitrogen and oxygen atoms in total. The van der Waals surface area contributed by atoms with Crippen molar-refractivity contribution in [2.75, 3.05) is 4.90 Å². The maximum absolute atomic E-state index is 6.48. The molecule has 0 radical (unpaired) electrons. The van der Waals surface area contributed by atoms with Gasteiger partial charge in [0.2, 0.25) is 0 Å². The first-order valence-electron chi connectivity index (χ1n) is 19.2. The fourth-order valence-corrected chi connectivity index (χ4v) is 8.68. The molecular weight excluding hydrogens is 679 g/mol. The third-order valence-electron chi connectivity index (χ3n) is 11.3. The van der Waals surface area contributed by atoms with Crippen LogP contribution in [0.5, 0.6) is 0 Å². The minimum absolute atomic E-state index is 0.904. The van der Waals surface area contributed by atoms with Gasteiger partial charge in [0.05, 0.1) is 5.69 Å². The number of para-hydroxylation sites is 2. The van der Waals surface area contributed by atoms with Crippen LogP contribution >= 0.6 is 0 Å². The summed E-state index contributed by atoms with van der Waals surface area (Å²) in [6.45, 7) is 0. The van der Waals surface area contributed by atoms with Gasteiger partial charge >= 0.3 is 0 Å². The molecule has 11 aromatic rings. The van der Waals surface area contributed by atoms with Crippen LogP contribution in [0.4, 0.5) is 17.1 Å². The number of hydrogen-bond donors (Lipinski definition) is 0.